The van der Waals surface area contributed by atoms with Crippen LogP contribution in [0.3, 0.4) is 0 Å². The Kier molecular flexibility index (Phi) is 4.62. The van der Waals surface area contributed by atoms with Gasteiger partial charge >= 0.3 is 5.97 Å². The van der Waals surface area contributed by atoms with Crippen molar-refractivity contribution < 1.29 is 14.6 Å². The number of nitrogens with one attached hydrogen (secondary N) is 1. The third-order valence-corrected chi connectivity index (χ3v) is 3.29. The predicted octanol–water partition coefficient (Wildman–Crippen LogP) is 3.15. The SMILES string of the molecule is COc1ccc2ccnc(NC(CC(C)C)C(=O)O)c2c1. The highest BCUT2D eigenvalue weighted by Crippen LogP contribution is 2.26. The van der Waals surface area contributed by atoms with Crippen molar-refractivity contribution in [2.75, 3.05) is 12.4 Å². The van der Waals surface area contributed by atoms with Crippen molar-refractivity contribution in [2.24, 2.45) is 5.92 Å². The van der Waals surface area contributed by atoms with Crippen molar-refractivity contribution in [1.29, 1.82) is 0 Å². The molecular formula is C16H20N2O3. The van der Waals surface area contributed by atoms with Gasteiger partial charge in [0.15, 0.2) is 0 Å². The highest BCUT2D eigenvalue weighted by atomic mass is 16.5. The number of hydrogen-bond donors (Lipinski definition) is 2. The van der Waals surface area contributed by atoms with Gasteiger partial charge in [-0.15, -0.1) is 0 Å². The van der Waals surface area contributed by atoms with Crippen LogP contribution in [-0.4, -0.2) is 29.2 Å². The number of pyridine rings is 1. The lowest BCUT2D eigenvalue weighted by molar-refractivity contribution is -0.138. The van der Waals surface area contributed by atoms with Crippen LogP contribution >= 0.6 is 0 Å². The zero-order chi connectivity index (χ0) is 15.4. The summed E-state index contributed by atoms with van der Waals surface area (Å²) >= 11 is 0. The van der Waals surface area contributed by atoms with Crippen LogP contribution in [0.15, 0.2) is 30.5 Å². The Morgan fingerprint density at radius 3 is 2.76 bits per heavy atom. The van der Waals surface area contributed by atoms with Gasteiger partial charge in [-0.25, -0.2) is 9.78 Å². The van der Waals surface area contributed by atoms with E-state index in [1.54, 1.807) is 13.3 Å². The Morgan fingerprint density at radius 2 is 2.14 bits per heavy atom. The highest BCUT2D eigenvalue weighted by molar-refractivity contribution is 5.94. The average Bonchev–Trinajstić information content (AvgIpc) is 2.45. The number of carboxylic acid groups (broad SMARTS) is 1. The molecule has 21 heavy (non-hydrogen) atoms. The van der Waals surface area contributed by atoms with E-state index in [4.69, 9.17) is 4.74 Å². The molecule has 1 heterocycles. The fourth-order valence-corrected chi connectivity index (χ4v) is 2.25. The Hall–Kier alpha value is -2.30. The lowest BCUT2D eigenvalue weighted by atomic mass is 10.0. The van der Waals surface area contributed by atoms with Crippen LogP contribution in [-0.2, 0) is 4.79 Å². The minimum Gasteiger partial charge on any atom is -0.497 e. The summed E-state index contributed by atoms with van der Waals surface area (Å²) in [6.45, 7) is 3.99. The van der Waals surface area contributed by atoms with E-state index in [0.29, 0.717) is 18.0 Å². The van der Waals surface area contributed by atoms with Crippen molar-refractivity contribution in [3.05, 3.63) is 30.5 Å². The molecule has 5 nitrogen and oxygen atoms in total. The molecule has 0 saturated heterocycles. The number of fused-ring (bicyclic) bond motifs is 1. The number of anilines is 1. The van der Waals surface area contributed by atoms with Crippen LogP contribution in [0, 0.1) is 5.92 Å². The van der Waals surface area contributed by atoms with Gasteiger partial charge in [0.25, 0.3) is 0 Å². The summed E-state index contributed by atoms with van der Waals surface area (Å²) in [6, 6.07) is 6.89. The van der Waals surface area contributed by atoms with E-state index in [9.17, 15) is 9.90 Å². The third kappa shape index (κ3) is 3.62. The summed E-state index contributed by atoms with van der Waals surface area (Å²) < 4.78 is 5.22. The zero-order valence-corrected chi connectivity index (χ0v) is 12.5. The van der Waals surface area contributed by atoms with Gasteiger partial charge in [0.1, 0.15) is 17.6 Å². The quantitative estimate of drug-likeness (QED) is 0.854. The van der Waals surface area contributed by atoms with E-state index in [2.05, 4.69) is 10.3 Å². The molecule has 0 amide bonds. The number of hydrogen-bond acceptors (Lipinski definition) is 4. The molecule has 1 aromatic heterocycles. The maximum Gasteiger partial charge on any atom is 0.326 e. The molecule has 0 aliphatic rings. The number of aliphatic carboxylic acids is 1. The molecule has 1 aromatic carbocycles. The van der Waals surface area contributed by atoms with E-state index in [1.165, 1.54) is 0 Å². The van der Waals surface area contributed by atoms with Gasteiger partial charge in [-0.2, -0.15) is 0 Å². The van der Waals surface area contributed by atoms with Crippen molar-refractivity contribution in [2.45, 2.75) is 26.3 Å². The Labute approximate surface area is 124 Å². The number of carboxylic acids is 1. The number of aromatic nitrogens is 1. The zero-order valence-electron chi connectivity index (χ0n) is 12.5. The number of benzene rings is 1. The van der Waals surface area contributed by atoms with Crippen LogP contribution in [0.25, 0.3) is 10.8 Å². The van der Waals surface area contributed by atoms with Crippen LogP contribution in [0.4, 0.5) is 5.82 Å². The van der Waals surface area contributed by atoms with Crippen LogP contribution in [0.5, 0.6) is 5.75 Å². The Morgan fingerprint density at radius 1 is 1.38 bits per heavy atom. The van der Waals surface area contributed by atoms with E-state index in [1.807, 2.05) is 38.1 Å². The molecule has 2 aromatic rings. The van der Waals surface area contributed by atoms with Gasteiger partial charge in [0.05, 0.1) is 7.11 Å². The molecule has 0 fully saturated rings. The molecule has 0 spiro atoms. The molecular weight excluding hydrogens is 268 g/mol. The molecule has 112 valence electrons. The van der Waals surface area contributed by atoms with Gasteiger partial charge in [0.2, 0.25) is 0 Å². The predicted molar refractivity (Wildman–Crippen MR) is 82.8 cm³/mol. The molecule has 0 bridgehead atoms. The number of rotatable bonds is 6. The summed E-state index contributed by atoms with van der Waals surface area (Å²) in [5.41, 5.74) is 0. The molecule has 2 rings (SSSR count). The average molecular weight is 288 g/mol. The lowest BCUT2D eigenvalue weighted by Gasteiger charge is -2.18. The maximum atomic E-state index is 11.4. The van der Waals surface area contributed by atoms with Crippen molar-refractivity contribution in [3.8, 4) is 5.75 Å². The van der Waals surface area contributed by atoms with Crippen molar-refractivity contribution >= 4 is 22.6 Å². The molecule has 0 aliphatic carbocycles. The Balaban J connectivity index is 2.38. The summed E-state index contributed by atoms with van der Waals surface area (Å²) in [5, 5.41) is 14.2. The van der Waals surface area contributed by atoms with E-state index in [0.717, 1.165) is 10.8 Å². The number of carbonyl (C=O) groups is 1. The number of ether oxygens (including phenoxy) is 1. The maximum absolute atomic E-state index is 11.4. The molecule has 0 aliphatic heterocycles. The molecule has 0 saturated carbocycles. The van der Waals surface area contributed by atoms with Crippen LogP contribution in [0.1, 0.15) is 20.3 Å². The van der Waals surface area contributed by atoms with E-state index >= 15 is 0 Å². The minimum absolute atomic E-state index is 0.281. The van der Waals surface area contributed by atoms with Gasteiger partial charge in [0, 0.05) is 11.6 Å². The van der Waals surface area contributed by atoms with E-state index < -0.39 is 12.0 Å². The topological polar surface area (TPSA) is 71.5 Å². The van der Waals surface area contributed by atoms with Gasteiger partial charge in [-0.05, 0) is 35.9 Å². The summed E-state index contributed by atoms with van der Waals surface area (Å²) in [7, 11) is 1.60. The third-order valence-electron chi connectivity index (χ3n) is 3.29. The minimum atomic E-state index is -0.870. The summed E-state index contributed by atoms with van der Waals surface area (Å²) in [4.78, 5) is 15.7. The highest BCUT2D eigenvalue weighted by Gasteiger charge is 2.20. The summed E-state index contributed by atoms with van der Waals surface area (Å²) in [5.74, 6) is 0.697. The standard InChI is InChI=1S/C16H20N2O3/c1-10(2)8-14(16(19)20)18-15-13-9-12(21-3)5-4-11(13)6-7-17-15/h4-7,9-10,14H,8H2,1-3H3,(H,17,18)(H,19,20). The molecule has 5 heteroatoms. The second kappa shape index (κ2) is 6.43. The lowest BCUT2D eigenvalue weighted by Crippen LogP contribution is -2.31. The number of methoxy groups -OCH3 is 1. The number of nitrogens with zero attached hydrogens (tertiary/aromatic N) is 1. The second-order valence-corrected chi connectivity index (χ2v) is 5.41. The van der Waals surface area contributed by atoms with Crippen LogP contribution in [0.2, 0.25) is 0 Å². The van der Waals surface area contributed by atoms with Crippen molar-refractivity contribution in [1.82, 2.24) is 4.98 Å². The second-order valence-electron chi connectivity index (χ2n) is 5.41. The summed E-state index contributed by atoms with van der Waals surface area (Å²) in [6.07, 6.45) is 2.21. The van der Waals surface area contributed by atoms with Crippen LogP contribution < -0.4 is 10.1 Å². The van der Waals surface area contributed by atoms with Gasteiger partial charge < -0.3 is 15.2 Å². The Bertz CT molecular complexity index is 640. The fraction of sp³-hybridized carbons (Fsp3) is 0.375. The normalized spacial score (nSPS) is 12.4. The first-order chi connectivity index (χ1) is 10.0. The molecule has 1 unspecified atom stereocenters. The first kappa shape index (κ1) is 15.1. The fourth-order valence-electron chi connectivity index (χ4n) is 2.25. The van der Waals surface area contributed by atoms with E-state index in [-0.39, 0.29) is 5.92 Å². The monoisotopic (exact) mass is 288 g/mol. The molecule has 2 N–H and O–H groups in total. The smallest absolute Gasteiger partial charge is 0.326 e. The van der Waals surface area contributed by atoms with Crippen molar-refractivity contribution in [3.63, 3.8) is 0 Å². The largest absolute Gasteiger partial charge is 0.497 e. The van der Waals surface area contributed by atoms with Gasteiger partial charge in [-0.3, -0.25) is 0 Å². The molecule has 1 atom stereocenters. The first-order valence-electron chi connectivity index (χ1n) is 6.93. The molecule has 0 radical (unpaired) electrons. The first-order valence-corrected chi connectivity index (χ1v) is 6.93. The van der Waals surface area contributed by atoms with Gasteiger partial charge in [-0.1, -0.05) is 19.9 Å².